The molecule has 0 saturated heterocycles. The fourth-order valence-corrected chi connectivity index (χ4v) is 2.22. The highest BCUT2D eigenvalue weighted by Gasteiger charge is 2.19. The Morgan fingerprint density at radius 3 is 2.60 bits per heavy atom. The minimum Gasteiger partial charge on any atom is -0.258 e. The molecular weight excluding hydrogens is 260 g/mol. The smallest absolute Gasteiger partial charge is 0.258 e. The minimum atomic E-state index is -0.511. The second kappa shape index (κ2) is 6.10. The van der Waals surface area contributed by atoms with Crippen LogP contribution >= 0.6 is 0 Å². The zero-order chi connectivity index (χ0) is 14.5. The fourth-order valence-electron chi connectivity index (χ4n) is 2.22. The van der Waals surface area contributed by atoms with Crippen molar-refractivity contribution in [3.63, 3.8) is 0 Å². The molecule has 0 radical (unpaired) electrons. The maximum atomic E-state index is 11.2. The molecule has 2 rings (SSSR count). The second-order valence-electron chi connectivity index (χ2n) is 4.61. The highest BCUT2D eigenvalue weighted by molar-refractivity contribution is 5.58. The first-order valence-electron chi connectivity index (χ1n) is 6.38. The van der Waals surface area contributed by atoms with Crippen molar-refractivity contribution in [1.82, 2.24) is 0 Å². The van der Waals surface area contributed by atoms with Gasteiger partial charge in [-0.1, -0.05) is 18.2 Å². The average molecular weight is 274 g/mol. The van der Waals surface area contributed by atoms with Crippen LogP contribution in [0.1, 0.15) is 31.2 Å². The lowest BCUT2D eigenvalue weighted by atomic mass is 9.96. The molecule has 1 aliphatic carbocycles. The Bertz CT molecular complexity index is 605. The van der Waals surface area contributed by atoms with Crippen molar-refractivity contribution >= 4 is 11.8 Å². The van der Waals surface area contributed by atoms with Crippen molar-refractivity contribution in [3.8, 4) is 0 Å². The van der Waals surface area contributed by atoms with Gasteiger partial charge in [-0.3, -0.25) is 20.2 Å². The van der Waals surface area contributed by atoms with Gasteiger partial charge in [0, 0.05) is 23.8 Å². The molecule has 0 bridgehead atoms. The van der Waals surface area contributed by atoms with Gasteiger partial charge in [0.15, 0.2) is 0 Å². The zero-order valence-corrected chi connectivity index (χ0v) is 10.8. The van der Waals surface area contributed by atoms with Crippen molar-refractivity contribution < 1.29 is 9.85 Å². The molecule has 1 aliphatic rings. The van der Waals surface area contributed by atoms with Crippen molar-refractivity contribution in [2.45, 2.75) is 25.7 Å². The summed E-state index contributed by atoms with van der Waals surface area (Å²) in [5.41, 5.74) is 1.15. The third-order valence-electron chi connectivity index (χ3n) is 3.20. The van der Waals surface area contributed by atoms with Crippen LogP contribution in [0.25, 0.3) is 6.08 Å². The molecule has 0 aliphatic heterocycles. The summed E-state index contributed by atoms with van der Waals surface area (Å²) < 4.78 is 0. The van der Waals surface area contributed by atoms with Crippen LogP contribution in [0.2, 0.25) is 0 Å². The van der Waals surface area contributed by atoms with Crippen LogP contribution < -0.4 is 0 Å². The number of rotatable bonds is 4. The minimum absolute atomic E-state index is 0.0326. The van der Waals surface area contributed by atoms with Crippen molar-refractivity contribution in [1.29, 1.82) is 0 Å². The van der Waals surface area contributed by atoms with Gasteiger partial charge in [-0.25, -0.2) is 0 Å². The van der Waals surface area contributed by atoms with E-state index in [2.05, 4.69) is 0 Å². The fraction of sp³-hybridized carbons (Fsp3) is 0.286. The maximum absolute atomic E-state index is 11.2. The van der Waals surface area contributed by atoms with Gasteiger partial charge >= 0.3 is 0 Å². The van der Waals surface area contributed by atoms with E-state index in [1.54, 1.807) is 6.07 Å². The third kappa shape index (κ3) is 3.28. The monoisotopic (exact) mass is 274 g/mol. The molecule has 0 heterocycles. The molecule has 0 aromatic heterocycles. The van der Waals surface area contributed by atoms with Gasteiger partial charge < -0.3 is 0 Å². The lowest BCUT2D eigenvalue weighted by molar-refractivity contribution is -0.419. The van der Waals surface area contributed by atoms with Gasteiger partial charge in [0.2, 0.25) is 0 Å². The Balaban J connectivity index is 2.38. The van der Waals surface area contributed by atoms with E-state index in [4.69, 9.17) is 0 Å². The summed E-state index contributed by atoms with van der Waals surface area (Å²) in [7, 11) is 0. The van der Waals surface area contributed by atoms with Gasteiger partial charge in [-0.2, -0.15) is 0 Å². The van der Waals surface area contributed by atoms with E-state index in [0.29, 0.717) is 17.6 Å². The van der Waals surface area contributed by atoms with E-state index in [0.717, 1.165) is 19.3 Å². The number of allylic oxidation sites excluding steroid dienone is 2. The van der Waals surface area contributed by atoms with E-state index in [1.165, 1.54) is 24.3 Å². The number of nitro benzene ring substituents is 1. The van der Waals surface area contributed by atoms with Gasteiger partial charge in [0.25, 0.3) is 11.4 Å². The van der Waals surface area contributed by atoms with E-state index in [-0.39, 0.29) is 11.4 Å². The number of non-ortho nitro benzene ring substituents is 1. The van der Waals surface area contributed by atoms with Crippen molar-refractivity contribution in [2.24, 2.45) is 0 Å². The molecule has 0 N–H and O–H groups in total. The number of nitro groups is 2. The predicted molar refractivity (Wildman–Crippen MR) is 74.6 cm³/mol. The van der Waals surface area contributed by atoms with Gasteiger partial charge in [-0.15, -0.1) is 0 Å². The molecule has 6 nitrogen and oxygen atoms in total. The van der Waals surface area contributed by atoms with Crippen molar-refractivity contribution in [3.05, 3.63) is 67.4 Å². The zero-order valence-electron chi connectivity index (χ0n) is 10.8. The third-order valence-corrected chi connectivity index (χ3v) is 3.20. The molecule has 6 heteroatoms. The van der Waals surface area contributed by atoms with Crippen LogP contribution in [-0.2, 0) is 0 Å². The molecule has 0 unspecified atom stereocenters. The molecule has 1 aromatic carbocycles. The molecule has 0 atom stereocenters. The summed E-state index contributed by atoms with van der Waals surface area (Å²) in [6.45, 7) is 0. The average Bonchev–Trinajstić information content (AvgIpc) is 2.45. The summed E-state index contributed by atoms with van der Waals surface area (Å²) >= 11 is 0. The van der Waals surface area contributed by atoms with Gasteiger partial charge in [-0.05, 0) is 31.2 Å². The molecule has 1 aromatic rings. The first kappa shape index (κ1) is 13.9. The number of benzene rings is 1. The van der Waals surface area contributed by atoms with Crippen LogP contribution in [-0.4, -0.2) is 9.85 Å². The summed E-state index contributed by atoms with van der Waals surface area (Å²) in [5.74, 6) is 0. The Kier molecular flexibility index (Phi) is 4.24. The summed E-state index contributed by atoms with van der Waals surface area (Å²) in [6.07, 6.45) is 6.80. The molecule has 0 amide bonds. The molecule has 0 saturated carbocycles. The lowest BCUT2D eigenvalue weighted by Gasteiger charge is -2.10. The van der Waals surface area contributed by atoms with E-state index in [9.17, 15) is 20.2 Å². The van der Waals surface area contributed by atoms with E-state index >= 15 is 0 Å². The van der Waals surface area contributed by atoms with Gasteiger partial charge in [0.05, 0.1) is 9.85 Å². The molecular formula is C14H14N2O4. The summed E-state index contributed by atoms with van der Waals surface area (Å²) in [4.78, 5) is 21.0. The standard InChI is InChI=1S/C14H14N2O4/c17-15(18)13-8-4-5-11(9-13)10-14(16(19)20)12-6-2-1-3-7-12/h4-6,8-10H,1-3,7H2. The van der Waals surface area contributed by atoms with Gasteiger partial charge in [0.1, 0.15) is 0 Å². The van der Waals surface area contributed by atoms with Crippen LogP contribution in [0, 0.1) is 20.2 Å². The number of hydrogen-bond acceptors (Lipinski definition) is 4. The van der Waals surface area contributed by atoms with Crippen LogP contribution in [0.5, 0.6) is 0 Å². The second-order valence-corrected chi connectivity index (χ2v) is 4.61. The highest BCUT2D eigenvalue weighted by atomic mass is 16.6. The lowest BCUT2D eigenvalue weighted by Crippen LogP contribution is -2.05. The number of nitrogens with zero attached hydrogens (tertiary/aromatic N) is 2. The summed E-state index contributed by atoms with van der Waals surface area (Å²) in [5, 5.41) is 21.9. The topological polar surface area (TPSA) is 86.3 Å². The Hall–Kier alpha value is -2.50. The molecule has 0 fully saturated rings. The van der Waals surface area contributed by atoms with Crippen LogP contribution in [0.15, 0.2) is 41.6 Å². The summed E-state index contributed by atoms with van der Waals surface area (Å²) in [6, 6.07) is 5.85. The quantitative estimate of drug-likeness (QED) is 0.618. The largest absolute Gasteiger partial charge is 0.272 e. The normalized spacial score (nSPS) is 15.6. The van der Waals surface area contributed by atoms with Crippen LogP contribution in [0.4, 0.5) is 5.69 Å². The highest BCUT2D eigenvalue weighted by Crippen LogP contribution is 2.26. The molecule has 0 spiro atoms. The molecule has 104 valence electrons. The first-order chi connectivity index (χ1) is 9.58. The Labute approximate surface area is 115 Å². The molecule has 20 heavy (non-hydrogen) atoms. The Morgan fingerprint density at radius 1 is 1.20 bits per heavy atom. The van der Waals surface area contributed by atoms with E-state index < -0.39 is 9.85 Å². The Morgan fingerprint density at radius 2 is 2.00 bits per heavy atom. The maximum Gasteiger partial charge on any atom is 0.272 e. The number of hydrogen-bond donors (Lipinski definition) is 0. The first-order valence-corrected chi connectivity index (χ1v) is 6.38. The van der Waals surface area contributed by atoms with E-state index in [1.807, 2.05) is 6.08 Å². The van der Waals surface area contributed by atoms with Crippen LogP contribution in [0.3, 0.4) is 0 Å². The SMILES string of the molecule is O=[N+]([O-])C(=Cc1cccc([N+](=O)[O-])c1)C1=CCCCC1. The predicted octanol–water partition coefficient (Wildman–Crippen LogP) is 3.71. The van der Waals surface area contributed by atoms with Crippen molar-refractivity contribution in [2.75, 3.05) is 0 Å².